The van der Waals surface area contributed by atoms with Crippen LogP contribution in [0.3, 0.4) is 0 Å². The lowest BCUT2D eigenvalue weighted by molar-refractivity contribution is 0.0513. The van der Waals surface area contributed by atoms with Crippen LogP contribution in [0, 0.1) is 20.8 Å². The minimum atomic E-state index is -0.438. The van der Waals surface area contributed by atoms with E-state index in [1.807, 2.05) is 54.8 Å². The zero-order valence-corrected chi connectivity index (χ0v) is 18.3. The highest BCUT2D eigenvalue weighted by molar-refractivity contribution is 6.31. The van der Waals surface area contributed by atoms with Gasteiger partial charge in [0.1, 0.15) is 5.69 Å². The molecule has 3 rings (SSSR count). The van der Waals surface area contributed by atoms with Crippen LogP contribution >= 0.6 is 11.6 Å². The van der Waals surface area contributed by atoms with Crippen LogP contribution in [0.15, 0.2) is 48.5 Å². The molecule has 0 spiro atoms. The number of carbonyl (C=O) groups is 2. The summed E-state index contributed by atoms with van der Waals surface area (Å²) in [6, 6.07) is 15.1. The summed E-state index contributed by atoms with van der Waals surface area (Å²) in [6.45, 7) is 8.01. The van der Waals surface area contributed by atoms with Gasteiger partial charge in [-0.15, -0.1) is 0 Å². The van der Waals surface area contributed by atoms with E-state index in [1.54, 1.807) is 26.0 Å². The second-order valence-corrected chi connectivity index (χ2v) is 7.58. The number of halogens is 1. The van der Waals surface area contributed by atoms with Crippen molar-refractivity contribution < 1.29 is 14.3 Å². The predicted molar refractivity (Wildman–Crippen MR) is 120 cm³/mol. The summed E-state index contributed by atoms with van der Waals surface area (Å²) in [7, 11) is 0. The van der Waals surface area contributed by atoms with E-state index in [-0.39, 0.29) is 12.5 Å². The van der Waals surface area contributed by atoms with Gasteiger partial charge in [-0.3, -0.25) is 4.79 Å². The molecule has 30 heavy (non-hydrogen) atoms. The molecule has 0 fully saturated rings. The van der Waals surface area contributed by atoms with E-state index in [0.29, 0.717) is 39.8 Å². The van der Waals surface area contributed by atoms with E-state index in [9.17, 15) is 9.59 Å². The molecule has 0 aliphatic carbocycles. The summed E-state index contributed by atoms with van der Waals surface area (Å²) >= 11 is 6.09. The Balaban J connectivity index is 2.06. The molecule has 1 N–H and O–H groups in total. The van der Waals surface area contributed by atoms with Crippen molar-refractivity contribution in [2.75, 3.05) is 11.9 Å². The number of hydrogen-bond donors (Lipinski definition) is 1. The standard InChI is InChI=1S/C24H25ClN2O3/c1-5-30-24(29)22-16(3)21(17(4)27(22)14-18-9-7-6-8-10-18)23(28)26-20-13-19(25)12-11-15(20)2/h6-13H,5,14H2,1-4H3,(H,26,28). The molecule has 0 saturated heterocycles. The van der Waals surface area contributed by atoms with E-state index in [1.165, 1.54) is 0 Å². The smallest absolute Gasteiger partial charge is 0.355 e. The van der Waals surface area contributed by atoms with Gasteiger partial charge in [0, 0.05) is 22.9 Å². The average molecular weight is 425 g/mol. The number of aryl methyl sites for hydroxylation is 1. The molecule has 3 aromatic rings. The summed E-state index contributed by atoms with van der Waals surface area (Å²) < 4.78 is 7.13. The van der Waals surface area contributed by atoms with Crippen molar-refractivity contribution in [1.82, 2.24) is 4.57 Å². The highest BCUT2D eigenvalue weighted by atomic mass is 35.5. The van der Waals surface area contributed by atoms with Crippen molar-refractivity contribution in [3.8, 4) is 0 Å². The molecule has 2 aromatic carbocycles. The Kier molecular flexibility index (Phi) is 6.63. The van der Waals surface area contributed by atoms with Crippen molar-refractivity contribution in [2.24, 2.45) is 0 Å². The summed E-state index contributed by atoms with van der Waals surface area (Å²) in [5.74, 6) is -0.722. The molecule has 0 bridgehead atoms. The van der Waals surface area contributed by atoms with Crippen molar-refractivity contribution in [2.45, 2.75) is 34.2 Å². The summed E-state index contributed by atoms with van der Waals surface area (Å²) in [5, 5.41) is 3.48. The van der Waals surface area contributed by atoms with Crippen LogP contribution in [0.4, 0.5) is 5.69 Å². The molecule has 0 aliphatic heterocycles. The minimum absolute atomic E-state index is 0.261. The Labute approximate surface area is 181 Å². The molecule has 5 nitrogen and oxygen atoms in total. The fourth-order valence-electron chi connectivity index (χ4n) is 3.57. The van der Waals surface area contributed by atoms with Crippen LogP contribution in [0.25, 0.3) is 0 Å². The number of anilines is 1. The summed E-state index contributed by atoms with van der Waals surface area (Å²) in [4.78, 5) is 25.9. The van der Waals surface area contributed by atoms with Crippen molar-refractivity contribution in [1.29, 1.82) is 0 Å². The Morgan fingerprint density at radius 1 is 1.07 bits per heavy atom. The number of benzene rings is 2. The molecule has 0 atom stereocenters. The maximum absolute atomic E-state index is 13.2. The maximum atomic E-state index is 13.2. The normalized spacial score (nSPS) is 10.7. The van der Waals surface area contributed by atoms with E-state index in [4.69, 9.17) is 16.3 Å². The third kappa shape index (κ3) is 4.41. The number of aromatic nitrogens is 1. The number of nitrogens with one attached hydrogen (secondary N) is 1. The quantitative estimate of drug-likeness (QED) is 0.528. The van der Waals surface area contributed by atoms with Crippen LogP contribution in [-0.4, -0.2) is 23.1 Å². The number of rotatable bonds is 6. The fraction of sp³-hybridized carbons (Fsp3) is 0.250. The van der Waals surface area contributed by atoms with Crippen LogP contribution in [-0.2, 0) is 11.3 Å². The number of nitrogens with zero attached hydrogens (tertiary/aromatic N) is 1. The highest BCUT2D eigenvalue weighted by Gasteiger charge is 2.27. The molecular weight excluding hydrogens is 400 g/mol. The molecule has 0 aliphatic rings. The van der Waals surface area contributed by atoms with E-state index >= 15 is 0 Å². The number of amides is 1. The lowest BCUT2D eigenvalue weighted by Crippen LogP contribution is -2.15. The van der Waals surface area contributed by atoms with Gasteiger partial charge in [0.25, 0.3) is 5.91 Å². The lowest BCUT2D eigenvalue weighted by Gasteiger charge is -2.12. The number of hydrogen-bond acceptors (Lipinski definition) is 3. The summed E-state index contributed by atoms with van der Waals surface area (Å²) in [5.41, 5.74) is 4.73. The topological polar surface area (TPSA) is 60.3 Å². The fourth-order valence-corrected chi connectivity index (χ4v) is 3.74. The Bertz CT molecular complexity index is 1090. The van der Waals surface area contributed by atoms with Gasteiger partial charge in [0.2, 0.25) is 0 Å². The monoisotopic (exact) mass is 424 g/mol. The minimum Gasteiger partial charge on any atom is -0.461 e. The van der Waals surface area contributed by atoms with E-state index < -0.39 is 5.97 Å². The van der Waals surface area contributed by atoms with Gasteiger partial charge in [-0.2, -0.15) is 0 Å². The van der Waals surface area contributed by atoms with Crippen molar-refractivity contribution >= 4 is 29.2 Å². The average Bonchev–Trinajstić information content (AvgIpc) is 2.95. The van der Waals surface area contributed by atoms with Gasteiger partial charge in [-0.25, -0.2) is 4.79 Å². The first kappa shape index (κ1) is 21.7. The van der Waals surface area contributed by atoms with E-state index in [2.05, 4.69) is 5.32 Å². The van der Waals surface area contributed by atoms with Gasteiger partial charge >= 0.3 is 5.97 Å². The molecule has 0 unspecified atom stereocenters. The number of esters is 1. The first-order valence-corrected chi connectivity index (χ1v) is 10.2. The predicted octanol–water partition coefficient (Wildman–Crippen LogP) is 5.54. The van der Waals surface area contributed by atoms with E-state index in [0.717, 1.165) is 11.1 Å². The van der Waals surface area contributed by atoms with Gasteiger partial charge in [-0.1, -0.05) is 48.0 Å². The molecule has 0 radical (unpaired) electrons. The second kappa shape index (κ2) is 9.18. The van der Waals surface area contributed by atoms with Crippen LogP contribution in [0.2, 0.25) is 5.02 Å². The third-order valence-electron chi connectivity index (χ3n) is 5.09. The van der Waals surface area contributed by atoms with Gasteiger partial charge in [0.15, 0.2) is 0 Å². The molecule has 1 heterocycles. The van der Waals surface area contributed by atoms with Crippen molar-refractivity contribution in [3.63, 3.8) is 0 Å². The first-order valence-electron chi connectivity index (χ1n) is 9.81. The lowest BCUT2D eigenvalue weighted by atomic mass is 10.1. The van der Waals surface area contributed by atoms with Crippen molar-refractivity contribution in [3.05, 3.63) is 87.2 Å². The molecule has 0 saturated carbocycles. The van der Waals surface area contributed by atoms with Gasteiger partial charge in [-0.05, 0) is 56.5 Å². The van der Waals surface area contributed by atoms with Gasteiger partial charge < -0.3 is 14.6 Å². The SMILES string of the molecule is CCOC(=O)c1c(C)c(C(=O)Nc2cc(Cl)ccc2C)c(C)n1Cc1ccccc1. The first-order chi connectivity index (χ1) is 14.3. The summed E-state index contributed by atoms with van der Waals surface area (Å²) in [6.07, 6.45) is 0. The largest absolute Gasteiger partial charge is 0.461 e. The van der Waals surface area contributed by atoms with Crippen LogP contribution in [0.5, 0.6) is 0 Å². The zero-order valence-electron chi connectivity index (χ0n) is 17.6. The van der Waals surface area contributed by atoms with Crippen LogP contribution in [0.1, 0.15) is 50.2 Å². The van der Waals surface area contributed by atoms with Crippen LogP contribution < -0.4 is 5.32 Å². The Morgan fingerprint density at radius 2 is 1.77 bits per heavy atom. The highest BCUT2D eigenvalue weighted by Crippen LogP contribution is 2.27. The molecule has 1 aromatic heterocycles. The molecule has 156 valence electrons. The molecule has 6 heteroatoms. The third-order valence-corrected chi connectivity index (χ3v) is 5.33. The number of ether oxygens (including phenoxy) is 1. The maximum Gasteiger partial charge on any atom is 0.355 e. The second-order valence-electron chi connectivity index (χ2n) is 7.14. The van der Waals surface area contributed by atoms with Gasteiger partial charge in [0.05, 0.1) is 12.2 Å². The number of carbonyl (C=O) groups excluding carboxylic acids is 2. The Morgan fingerprint density at radius 3 is 2.43 bits per heavy atom. The molecule has 1 amide bonds. The Hall–Kier alpha value is -3.05. The zero-order chi connectivity index (χ0) is 21.8. The molecular formula is C24H25ClN2O3.